The standard InChI is InChI=1S/C31H31F3N4O4/c1-21-3-14-27(28(19-21)39-2)41-29-23(7-4-22-5-12-26(13-6-22)42-31(32,33)34)20-35-30(37-29)36-24-8-10-25(11-9-24)38-15-17-40-18-16-38/h3,5-6,8-14,19-20H,4,7,15-18H2,1-2H3,(H,35,36,37). The van der Waals surface area contributed by atoms with Crippen molar-refractivity contribution < 1.29 is 32.1 Å². The Labute approximate surface area is 242 Å². The van der Waals surface area contributed by atoms with E-state index in [2.05, 4.69) is 24.9 Å². The number of nitrogens with one attached hydrogen (secondary N) is 1. The van der Waals surface area contributed by atoms with Crippen LogP contribution >= 0.6 is 0 Å². The molecular weight excluding hydrogens is 549 g/mol. The van der Waals surface area contributed by atoms with Crippen LogP contribution < -0.4 is 24.4 Å². The third kappa shape index (κ3) is 7.82. The van der Waals surface area contributed by atoms with Gasteiger partial charge in [0.1, 0.15) is 5.75 Å². The van der Waals surface area contributed by atoms with Crippen molar-refractivity contribution in [1.29, 1.82) is 0 Å². The van der Waals surface area contributed by atoms with Gasteiger partial charge in [-0.15, -0.1) is 13.2 Å². The van der Waals surface area contributed by atoms with Crippen molar-refractivity contribution in [3.8, 4) is 23.1 Å². The molecule has 0 aliphatic carbocycles. The van der Waals surface area contributed by atoms with Crippen LogP contribution in [0.25, 0.3) is 0 Å². The smallest absolute Gasteiger partial charge is 0.493 e. The highest BCUT2D eigenvalue weighted by Crippen LogP contribution is 2.34. The number of benzene rings is 3. The van der Waals surface area contributed by atoms with Gasteiger partial charge in [-0.2, -0.15) is 4.98 Å². The summed E-state index contributed by atoms with van der Waals surface area (Å²) < 4.78 is 58.7. The second kappa shape index (κ2) is 13.0. The molecule has 4 aromatic rings. The normalized spacial score (nSPS) is 13.5. The van der Waals surface area contributed by atoms with Crippen LogP contribution in [0.1, 0.15) is 16.7 Å². The van der Waals surface area contributed by atoms with Crippen LogP contribution in [0.2, 0.25) is 0 Å². The van der Waals surface area contributed by atoms with E-state index in [-0.39, 0.29) is 5.75 Å². The van der Waals surface area contributed by atoms with Crippen molar-refractivity contribution in [3.05, 3.63) is 89.6 Å². The summed E-state index contributed by atoms with van der Waals surface area (Å²) in [5.74, 6) is 1.49. The van der Waals surface area contributed by atoms with E-state index < -0.39 is 6.36 Å². The molecule has 0 spiro atoms. The molecule has 5 rings (SSSR count). The lowest BCUT2D eigenvalue weighted by Gasteiger charge is -2.28. The third-order valence-corrected chi connectivity index (χ3v) is 6.69. The van der Waals surface area contributed by atoms with E-state index in [0.717, 1.165) is 41.2 Å². The molecule has 11 heteroatoms. The van der Waals surface area contributed by atoms with E-state index in [1.165, 1.54) is 12.1 Å². The van der Waals surface area contributed by atoms with Crippen LogP contribution in [0.5, 0.6) is 23.1 Å². The van der Waals surface area contributed by atoms with Gasteiger partial charge in [-0.3, -0.25) is 0 Å². The fourth-order valence-corrected chi connectivity index (χ4v) is 4.52. The Hall–Kier alpha value is -4.51. The molecule has 1 N–H and O–H groups in total. The minimum absolute atomic E-state index is 0.265. The average Bonchev–Trinajstić information content (AvgIpc) is 2.98. The molecule has 0 radical (unpaired) electrons. The fourth-order valence-electron chi connectivity index (χ4n) is 4.52. The number of methoxy groups -OCH3 is 1. The van der Waals surface area contributed by atoms with E-state index in [1.54, 1.807) is 25.4 Å². The zero-order valence-corrected chi connectivity index (χ0v) is 23.3. The number of hydrogen-bond donors (Lipinski definition) is 1. The first-order chi connectivity index (χ1) is 20.3. The molecule has 0 amide bonds. The molecule has 0 atom stereocenters. The van der Waals surface area contributed by atoms with Crippen LogP contribution in [0, 0.1) is 6.92 Å². The first-order valence-corrected chi connectivity index (χ1v) is 13.5. The molecule has 8 nitrogen and oxygen atoms in total. The molecule has 0 unspecified atom stereocenters. The summed E-state index contributed by atoms with van der Waals surface area (Å²) in [4.78, 5) is 11.4. The van der Waals surface area contributed by atoms with Gasteiger partial charge in [-0.05, 0) is 79.4 Å². The highest BCUT2D eigenvalue weighted by molar-refractivity contribution is 5.60. The van der Waals surface area contributed by atoms with E-state index >= 15 is 0 Å². The monoisotopic (exact) mass is 580 g/mol. The Balaban J connectivity index is 1.34. The Morgan fingerprint density at radius 2 is 1.67 bits per heavy atom. The number of nitrogens with zero attached hydrogens (tertiary/aromatic N) is 3. The summed E-state index contributed by atoms with van der Waals surface area (Å²) in [5, 5.41) is 3.24. The molecule has 0 bridgehead atoms. The first kappa shape index (κ1) is 29.0. The number of hydrogen-bond acceptors (Lipinski definition) is 8. The molecule has 2 heterocycles. The summed E-state index contributed by atoms with van der Waals surface area (Å²) in [6.07, 6.45) is -2.04. The number of anilines is 3. The van der Waals surface area contributed by atoms with Gasteiger partial charge in [0.05, 0.1) is 20.3 Å². The average molecular weight is 581 g/mol. The number of morpholine rings is 1. The third-order valence-electron chi connectivity index (χ3n) is 6.69. The Kier molecular flexibility index (Phi) is 8.97. The van der Waals surface area contributed by atoms with Gasteiger partial charge in [0.2, 0.25) is 11.8 Å². The molecule has 1 saturated heterocycles. The summed E-state index contributed by atoms with van der Waals surface area (Å²) in [7, 11) is 1.57. The van der Waals surface area contributed by atoms with Crippen LogP contribution in [0.4, 0.5) is 30.5 Å². The second-order valence-electron chi connectivity index (χ2n) is 9.74. The highest BCUT2D eigenvalue weighted by atomic mass is 19.4. The molecule has 1 aromatic heterocycles. The number of ether oxygens (including phenoxy) is 4. The molecule has 1 aliphatic heterocycles. The lowest BCUT2D eigenvalue weighted by Crippen LogP contribution is -2.36. The molecule has 42 heavy (non-hydrogen) atoms. The van der Waals surface area contributed by atoms with Gasteiger partial charge in [-0.25, -0.2) is 4.98 Å². The first-order valence-electron chi connectivity index (χ1n) is 13.5. The lowest BCUT2D eigenvalue weighted by atomic mass is 10.1. The van der Waals surface area contributed by atoms with Crippen molar-refractivity contribution in [2.75, 3.05) is 43.6 Å². The number of halogens is 3. The highest BCUT2D eigenvalue weighted by Gasteiger charge is 2.31. The maximum atomic E-state index is 12.5. The number of aryl methyl sites for hydroxylation is 3. The van der Waals surface area contributed by atoms with Crippen molar-refractivity contribution in [3.63, 3.8) is 0 Å². The predicted octanol–water partition coefficient (Wildman–Crippen LogP) is 6.85. The number of alkyl halides is 3. The van der Waals surface area contributed by atoms with Crippen molar-refractivity contribution in [2.24, 2.45) is 0 Å². The SMILES string of the molecule is COc1cc(C)ccc1Oc1nc(Nc2ccc(N3CCOCC3)cc2)ncc1CCc1ccc(OC(F)(F)F)cc1. The topological polar surface area (TPSA) is 78.0 Å². The predicted molar refractivity (Wildman–Crippen MR) is 153 cm³/mol. The van der Waals surface area contributed by atoms with Crippen LogP contribution in [0.15, 0.2) is 72.9 Å². The molecule has 1 aliphatic rings. The molecule has 220 valence electrons. The Morgan fingerprint density at radius 1 is 0.929 bits per heavy atom. The van der Waals surface area contributed by atoms with E-state index in [4.69, 9.17) is 14.2 Å². The summed E-state index contributed by atoms with van der Waals surface area (Å²) in [6.45, 7) is 5.09. The van der Waals surface area contributed by atoms with Crippen molar-refractivity contribution in [1.82, 2.24) is 9.97 Å². The second-order valence-corrected chi connectivity index (χ2v) is 9.74. The lowest BCUT2D eigenvalue weighted by molar-refractivity contribution is -0.274. The number of aromatic nitrogens is 2. The van der Waals surface area contributed by atoms with Gasteiger partial charge in [0.25, 0.3) is 0 Å². The Morgan fingerprint density at radius 3 is 2.36 bits per heavy atom. The van der Waals surface area contributed by atoms with E-state index in [0.29, 0.717) is 49.4 Å². The fraction of sp³-hybridized carbons (Fsp3) is 0.290. The van der Waals surface area contributed by atoms with Gasteiger partial charge >= 0.3 is 6.36 Å². The van der Waals surface area contributed by atoms with Gasteiger partial charge < -0.3 is 29.2 Å². The summed E-state index contributed by atoms with van der Waals surface area (Å²) in [5.41, 5.74) is 4.50. The van der Waals surface area contributed by atoms with Crippen molar-refractivity contribution >= 4 is 17.3 Å². The zero-order valence-electron chi connectivity index (χ0n) is 23.3. The maximum Gasteiger partial charge on any atom is 0.573 e. The van der Waals surface area contributed by atoms with Crippen LogP contribution in [-0.2, 0) is 17.6 Å². The largest absolute Gasteiger partial charge is 0.573 e. The summed E-state index contributed by atoms with van der Waals surface area (Å²) >= 11 is 0. The Bertz CT molecular complexity index is 1480. The van der Waals surface area contributed by atoms with Crippen molar-refractivity contribution in [2.45, 2.75) is 26.1 Å². The molecular formula is C31H31F3N4O4. The van der Waals surface area contributed by atoms with E-state index in [9.17, 15) is 13.2 Å². The minimum atomic E-state index is -4.73. The summed E-state index contributed by atoms with van der Waals surface area (Å²) in [6, 6.07) is 19.4. The van der Waals surface area contributed by atoms with E-state index in [1.807, 2.05) is 49.4 Å². The molecule has 1 fully saturated rings. The minimum Gasteiger partial charge on any atom is -0.493 e. The number of rotatable bonds is 10. The molecule has 0 saturated carbocycles. The quantitative estimate of drug-likeness (QED) is 0.218. The van der Waals surface area contributed by atoms with Gasteiger partial charge in [0.15, 0.2) is 11.5 Å². The van der Waals surface area contributed by atoms with Crippen LogP contribution in [-0.4, -0.2) is 49.7 Å². The zero-order chi connectivity index (χ0) is 29.5. The maximum absolute atomic E-state index is 12.5. The van der Waals surface area contributed by atoms with Gasteiger partial charge in [-0.1, -0.05) is 18.2 Å². The molecule has 3 aromatic carbocycles. The van der Waals surface area contributed by atoms with Crippen LogP contribution in [0.3, 0.4) is 0 Å². The van der Waals surface area contributed by atoms with Gasteiger partial charge in [0, 0.05) is 36.2 Å².